The summed E-state index contributed by atoms with van der Waals surface area (Å²) in [5.41, 5.74) is 1.28. The molecule has 1 amide bonds. The van der Waals surface area contributed by atoms with Crippen molar-refractivity contribution in [2.45, 2.75) is 6.92 Å². The molecular weight excluding hydrogens is 414 g/mol. The number of methoxy groups -OCH3 is 1. The standard InChI is InChI=1S/C24H19NO7/c1-14-9-10-18-16(12-14)21(27)23(22(32-18)19-8-5-11-30-19)31-13-20(26)25-17-7-4-3-6-15(17)24(28)29-2/h3-12H,13H2,1-2H3,(H,25,26). The van der Waals surface area contributed by atoms with Gasteiger partial charge in [-0.15, -0.1) is 0 Å². The van der Waals surface area contributed by atoms with Crippen molar-refractivity contribution in [2.75, 3.05) is 19.0 Å². The molecule has 2 aromatic carbocycles. The molecule has 162 valence electrons. The summed E-state index contributed by atoms with van der Waals surface area (Å²) < 4.78 is 21.6. The van der Waals surface area contributed by atoms with E-state index in [9.17, 15) is 14.4 Å². The second kappa shape index (κ2) is 8.81. The smallest absolute Gasteiger partial charge is 0.339 e. The van der Waals surface area contributed by atoms with Gasteiger partial charge in [-0.3, -0.25) is 9.59 Å². The maximum atomic E-state index is 13.1. The number of nitrogens with one attached hydrogen (secondary N) is 1. The number of fused-ring (bicyclic) bond motifs is 1. The first-order valence-corrected chi connectivity index (χ1v) is 9.69. The van der Waals surface area contributed by atoms with Crippen molar-refractivity contribution in [1.82, 2.24) is 0 Å². The number of amides is 1. The fourth-order valence-electron chi connectivity index (χ4n) is 3.20. The summed E-state index contributed by atoms with van der Waals surface area (Å²) in [5, 5.41) is 2.92. The highest BCUT2D eigenvalue weighted by atomic mass is 16.5. The van der Waals surface area contributed by atoms with Gasteiger partial charge in [0.15, 0.2) is 12.4 Å². The van der Waals surface area contributed by atoms with Crippen LogP contribution in [0.2, 0.25) is 0 Å². The van der Waals surface area contributed by atoms with Crippen LogP contribution in [0.25, 0.3) is 22.5 Å². The molecule has 8 heteroatoms. The van der Waals surface area contributed by atoms with Gasteiger partial charge in [0.25, 0.3) is 5.91 Å². The Morgan fingerprint density at radius 1 is 1.06 bits per heavy atom. The number of ether oxygens (including phenoxy) is 2. The van der Waals surface area contributed by atoms with Crippen molar-refractivity contribution in [1.29, 1.82) is 0 Å². The summed E-state index contributed by atoms with van der Waals surface area (Å²) in [6.45, 7) is 1.36. The van der Waals surface area contributed by atoms with E-state index >= 15 is 0 Å². The maximum Gasteiger partial charge on any atom is 0.339 e. The zero-order valence-electron chi connectivity index (χ0n) is 17.3. The van der Waals surface area contributed by atoms with Gasteiger partial charge in [0.1, 0.15) is 5.58 Å². The third-order valence-electron chi connectivity index (χ3n) is 4.70. The average molecular weight is 433 g/mol. The van der Waals surface area contributed by atoms with Crippen molar-refractivity contribution in [2.24, 2.45) is 0 Å². The van der Waals surface area contributed by atoms with Crippen molar-refractivity contribution in [3.8, 4) is 17.3 Å². The lowest BCUT2D eigenvalue weighted by Crippen LogP contribution is -2.23. The average Bonchev–Trinajstić information content (AvgIpc) is 3.33. The van der Waals surface area contributed by atoms with E-state index in [4.69, 9.17) is 18.3 Å². The molecule has 0 bridgehead atoms. The third-order valence-corrected chi connectivity index (χ3v) is 4.70. The Hall–Kier alpha value is -4.33. The van der Waals surface area contributed by atoms with Crippen LogP contribution in [-0.2, 0) is 9.53 Å². The van der Waals surface area contributed by atoms with Crippen LogP contribution < -0.4 is 15.5 Å². The highest BCUT2D eigenvalue weighted by Gasteiger charge is 2.21. The second-order valence-corrected chi connectivity index (χ2v) is 6.94. The van der Waals surface area contributed by atoms with Crippen LogP contribution in [0.3, 0.4) is 0 Å². The van der Waals surface area contributed by atoms with Gasteiger partial charge in [0.2, 0.25) is 16.9 Å². The van der Waals surface area contributed by atoms with Crippen LogP contribution in [0.4, 0.5) is 5.69 Å². The molecule has 0 atom stereocenters. The van der Waals surface area contributed by atoms with Crippen molar-refractivity contribution in [3.05, 3.63) is 82.2 Å². The summed E-state index contributed by atoms with van der Waals surface area (Å²) in [6.07, 6.45) is 1.44. The quantitative estimate of drug-likeness (QED) is 0.455. The first-order chi connectivity index (χ1) is 15.5. The molecule has 8 nitrogen and oxygen atoms in total. The van der Waals surface area contributed by atoms with Gasteiger partial charge < -0.3 is 23.6 Å². The summed E-state index contributed by atoms with van der Waals surface area (Å²) in [6, 6.07) is 14.9. The molecular formula is C24H19NO7. The Morgan fingerprint density at radius 3 is 2.62 bits per heavy atom. The number of hydrogen-bond donors (Lipinski definition) is 1. The van der Waals surface area contributed by atoms with Crippen molar-refractivity contribution >= 4 is 28.5 Å². The fourth-order valence-corrected chi connectivity index (χ4v) is 3.20. The number of rotatable bonds is 6. The Bertz CT molecular complexity index is 1350. The van der Waals surface area contributed by atoms with E-state index in [0.717, 1.165) is 5.56 Å². The van der Waals surface area contributed by atoms with E-state index in [1.165, 1.54) is 19.4 Å². The summed E-state index contributed by atoms with van der Waals surface area (Å²) in [5.74, 6) is -0.937. The SMILES string of the molecule is COC(=O)c1ccccc1NC(=O)COc1c(-c2ccco2)oc2ccc(C)cc2c1=O. The lowest BCUT2D eigenvalue weighted by Gasteiger charge is -2.12. The lowest BCUT2D eigenvalue weighted by atomic mass is 10.1. The zero-order chi connectivity index (χ0) is 22.7. The molecule has 0 radical (unpaired) electrons. The molecule has 0 saturated carbocycles. The molecule has 1 N–H and O–H groups in total. The van der Waals surface area contributed by atoms with Gasteiger partial charge in [-0.25, -0.2) is 4.79 Å². The molecule has 2 heterocycles. The molecule has 0 saturated heterocycles. The Morgan fingerprint density at radius 2 is 1.88 bits per heavy atom. The molecule has 0 spiro atoms. The molecule has 2 aromatic heterocycles. The topological polar surface area (TPSA) is 108 Å². The highest BCUT2D eigenvalue weighted by molar-refractivity contribution is 6.01. The minimum absolute atomic E-state index is 0.0825. The van der Waals surface area contributed by atoms with Gasteiger partial charge in [-0.05, 0) is 43.3 Å². The Kier molecular flexibility index (Phi) is 5.76. The largest absolute Gasteiger partial charge is 0.476 e. The summed E-state index contributed by atoms with van der Waals surface area (Å²) >= 11 is 0. The normalized spacial score (nSPS) is 10.7. The van der Waals surface area contributed by atoms with Crippen LogP contribution in [0.1, 0.15) is 15.9 Å². The summed E-state index contributed by atoms with van der Waals surface area (Å²) in [7, 11) is 1.25. The first-order valence-electron chi connectivity index (χ1n) is 9.69. The van der Waals surface area contributed by atoms with E-state index in [1.54, 1.807) is 42.5 Å². The Labute approximate surface area is 182 Å². The molecule has 0 aliphatic heterocycles. The molecule has 4 aromatic rings. The Balaban J connectivity index is 1.64. The number of para-hydroxylation sites is 1. The van der Waals surface area contributed by atoms with Crippen LogP contribution in [0, 0.1) is 6.92 Å². The van der Waals surface area contributed by atoms with Crippen molar-refractivity contribution < 1.29 is 27.9 Å². The minimum atomic E-state index is -0.590. The molecule has 0 aliphatic rings. The fraction of sp³-hybridized carbons (Fsp3) is 0.125. The van der Waals surface area contributed by atoms with E-state index < -0.39 is 23.9 Å². The third kappa shape index (κ3) is 4.11. The van der Waals surface area contributed by atoms with Crippen LogP contribution in [0.5, 0.6) is 5.75 Å². The second-order valence-electron chi connectivity index (χ2n) is 6.94. The number of carbonyl (C=O) groups excluding carboxylic acids is 2. The molecule has 0 aliphatic carbocycles. The van der Waals surface area contributed by atoms with Gasteiger partial charge in [-0.1, -0.05) is 23.8 Å². The number of anilines is 1. The number of furan rings is 1. The van der Waals surface area contributed by atoms with Crippen LogP contribution in [0.15, 0.2) is 74.5 Å². The number of aryl methyl sites for hydroxylation is 1. The van der Waals surface area contributed by atoms with Gasteiger partial charge in [0.05, 0.1) is 30.0 Å². The van der Waals surface area contributed by atoms with Gasteiger partial charge >= 0.3 is 5.97 Å². The summed E-state index contributed by atoms with van der Waals surface area (Å²) in [4.78, 5) is 37.6. The zero-order valence-corrected chi connectivity index (χ0v) is 17.3. The number of carbonyl (C=O) groups is 2. The monoisotopic (exact) mass is 433 g/mol. The molecule has 0 fully saturated rings. The molecule has 4 rings (SSSR count). The van der Waals surface area contributed by atoms with E-state index in [2.05, 4.69) is 5.32 Å². The minimum Gasteiger partial charge on any atom is -0.476 e. The lowest BCUT2D eigenvalue weighted by molar-refractivity contribution is -0.118. The number of hydrogen-bond acceptors (Lipinski definition) is 7. The predicted octanol–water partition coefficient (Wildman–Crippen LogP) is 4.17. The van der Waals surface area contributed by atoms with Gasteiger partial charge in [-0.2, -0.15) is 0 Å². The molecule has 32 heavy (non-hydrogen) atoms. The first kappa shape index (κ1) is 20.9. The van der Waals surface area contributed by atoms with E-state index in [1.807, 2.05) is 13.0 Å². The van der Waals surface area contributed by atoms with Crippen molar-refractivity contribution in [3.63, 3.8) is 0 Å². The van der Waals surface area contributed by atoms with Crippen LogP contribution in [-0.4, -0.2) is 25.6 Å². The maximum absolute atomic E-state index is 13.1. The number of benzene rings is 2. The van der Waals surface area contributed by atoms with E-state index in [0.29, 0.717) is 11.0 Å². The van der Waals surface area contributed by atoms with E-state index in [-0.39, 0.29) is 28.5 Å². The van der Waals surface area contributed by atoms with Crippen LogP contribution >= 0.6 is 0 Å². The van der Waals surface area contributed by atoms with Gasteiger partial charge in [0, 0.05) is 0 Å². The predicted molar refractivity (Wildman–Crippen MR) is 117 cm³/mol. The number of esters is 1. The highest BCUT2D eigenvalue weighted by Crippen LogP contribution is 2.31. The molecule has 0 unspecified atom stereocenters.